The molecule has 0 aliphatic heterocycles. The van der Waals surface area contributed by atoms with E-state index in [9.17, 15) is 9.59 Å². The third kappa shape index (κ3) is 2.27. The smallest absolute Gasteiger partial charge is 0.139 e. The number of fused-ring (bicyclic) bond motifs is 5. The van der Waals surface area contributed by atoms with Gasteiger partial charge in [0.2, 0.25) is 0 Å². The summed E-state index contributed by atoms with van der Waals surface area (Å²) in [7, 11) is 0. The lowest BCUT2D eigenvalue weighted by atomic mass is 9.44. The molecule has 4 aliphatic carbocycles. The van der Waals surface area contributed by atoms with Crippen LogP contribution in [0.5, 0.6) is 0 Å². The van der Waals surface area contributed by atoms with Gasteiger partial charge in [0, 0.05) is 24.7 Å². The van der Waals surface area contributed by atoms with E-state index >= 15 is 0 Å². The quantitative estimate of drug-likeness (QED) is 0.634. The van der Waals surface area contributed by atoms with Gasteiger partial charge in [0.15, 0.2) is 0 Å². The van der Waals surface area contributed by atoms with Crippen LogP contribution in [-0.2, 0) is 9.59 Å². The van der Waals surface area contributed by atoms with Crippen LogP contribution in [0.1, 0.15) is 84.5 Å². The molecule has 0 aromatic carbocycles. The lowest BCUT2D eigenvalue weighted by molar-refractivity contribution is -0.152. The summed E-state index contributed by atoms with van der Waals surface area (Å²) in [6, 6.07) is 0. The molecule has 2 nitrogen and oxygen atoms in total. The highest BCUT2D eigenvalue weighted by atomic mass is 16.1. The number of carbonyl (C=O) groups is 2. The molecule has 4 rings (SSSR count). The molecule has 4 aliphatic rings. The van der Waals surface area contributed by atoms with Crippen molar-refractivity contribution >= 4 is 11.6 Å². The molecule has 0 amide bonds. The van der Waals surface area contributed by atoms with Gasteiger partial charge in [0.25, 0.3) is 0 Å². The third-order valence-electron chi connectivity index (χ3n) is 8.66. The Morgan fingerprint density at radius 3 is 2.52 bits per heavy atom. The van der Waals surface area contributed by atoms with E-state index in [1.165, 1.54) is 32.1 Å². The molecule has 2 heteroatoms. The highest BCUT2D eigenvalue weighted by Crippen LogP contribution is 2.64. The summed E-state index contributed by atoms with van der Waals surface area (Å²) in [4.78, 5) is 24.8. The Bertz CT molecular complexity index is 524. The van der Waals surface area contributed by atoms with Crippen molar-refractivity contribution < 1.29 is 9.59 Å². The summed E-state index contributed by atoms with van der Waals surface area (Å²) in [5.74, 6) is 3.80. The van der Waals surface area contributed by atoms with Crippen LogP contribution in [0, 0.1) is 34.5 Å². The fourth-order valence-corrected chi connectivity index (χ4v) is 7.27. The zero-order chi connectivity index (χ0) is 16.2. The Kier molecular flexibility index (Phi) is 3.74. The van der Waals surface area contributed by atoms with E-state index in [1.807, 2.05) is 0 Å². The van der Waals surface area contributed by atoms with Crippen LogP contribution in [0.15, 0.2) is 0 Å². The molecule has 0 aromatic heterocycles. The van der Waals surface area contributed by atoms with Gasteiger partial charge >= 0.3 is 0 Å². The molecule has 23 heavy (non-hydrogen) atoms. The van der Waals surface area contributed by atoms with Crippen LogP contribution in [-0.4, -0.2) is 11.6 Å². The number of carbonyl (C=O) groups excluding carboxylic acids is 2. The monoisotopic (exact) mass is 316 g/mol. The molecule has 0 N–H and O–H groups in total. The van der Waals surface area contributed by atoms with Gasteiger partial charge in [0.05, 0.1) is 0 Å². The summed E-state index contributed by atoms with van der Waals surface area (Å²) in [5, 5.41) is 0. The second-order valence-corrected chi connectivity index (χ2v) is 9.52. The van der Waals surface area contributed by atoms with Crippen molar-refractivity contribution in [2.24, 2.45) is 34.5 Å². The van der Waals surface area contributed by atoms with Crippen LogP contribution < -0.4 is 0 Å². The first-order valence-electron chi connectivity index (χ1n) is 10.00. The molecule has 0 spiro atoms. The van der Waals surface area contributed by atoms with Gasteiger partial charge in [-0.3, -0.25) is 9.59 Å². The zero-order valence-corrected chi connectivity index (χ0v) is 14.9. The van der Waals surface area contributed by atoms with Crippen molar-refractivity contribution in [2.75, 3.05) is 0 Å². The average Bonchev–Trinajstić information content (AvgIpc) is 2.66. The Morgan fingerprint density at radius 2 is 1.70 bits per heavy atom. The largest absolute Gasteiger partial charge is 0.300 e. The Hall–Kier alpha value is -0.660. The molecule has 0 saturated heterocycles. The topological polar surface area (TPSA) is 34.1 Å². The fourth-order valence-electron chi connectivity index (χ4n) is 7.27. The van der Waals surface area contributed by atoms with Crippen molar-refractivity contribution in [1.82, 2.24) is 0 Å². The summed E-state index contributed by atoms with van der Waals surface area (Å²) < 4.78 is 0. The first-order valence-corrected chi connectivity index (χ1v) is 10.00. The molecular formula is C21H32O2. The summed E-state index contributed by atoms with van der Waals surface area (Å²) in [6.07, 6.45) is 12.0. The lowest BCUT2D eigenvalue weighted by Gasteiger charge is -2.60. The zero-order valence-electron chi connectivity index (χ0n) is 14.9. The average molecular weight is 316 g/mol. The Morgan fingerprint density at radius 1 is 0.870 bits per heavy atom. The van der Waals surface area contributed by atoms with E-state index in [-0.39, 0.29) is 5.41 Å². The van der Waals surface area contributed by atoms with E-state index in [4.69, 9.17) is 0 Å². The van der Waals surface area contributed by atoms with E-state index in [0.717, 1.165) is 50.4 Å². The predicted molar refractivity (Wildman–Crippen MR) is 91.0 cm³/mol. The molecule has 0 unspecified atom stereocenters. The van der Waals surface area contributed by atoms with Crippen molar-refractivity contribution in [3.05, 3.63) is 0 Å². The molecule has 4 saturated carbocycles. The minimum absolute atomic E-state index is 0.0246. The van der Waals surface area contributed by atoms with Crippen molar-refractivity contribution in [1.29, 1.82) is 0 Å². The van der Waals surface area contributed by atoms with Gasteiger partial charge < -0.3 is 0 Å². The predicted octanol–water partition coefficient (Wildman–Crippen LogP) is 4.95. The Balaban J connectivity index is 1.65. The van der Waals surface area contributed by atoms with E-state index in [0.29, 0.717) is 28.8 Å². The van der Waals surface area contributed by atoms with Crippen molar-refractivity contribution in [3.8, 4) is 0 Å². The second-order valence-electron chi connectivity index (χ2n) is 9.52. The van der Waals surface area contributed by atoms with Gasteiger partial charge in [-0.2, -0.15) is 0 Å². The fraction of sp³-hybridized carbons (Fsp3) is 0.905. The lowest BCUT2D eigenvalue weighted by Crippen LogP contribution is -2.55. The number of ketones is 2. The third-order valence-corrected chi connectivity index (χ3v) is 8.66. The highest BCUT2D eigenvalue weighted by molar-refractivity contribution is 5.85. The molecule has 0 heterocycles. The van der Waals surface area contributed by atoms with E-state index < -0.39 is 0 Å². The summed E-state index contributed by atoms with van der Waals surface area (Å²) in [6.45, 7) is 4.78. The van der Waals surface area contributed by atoms with Crippen molar-refractivity contribution in [2.45, 2.75) is 84.5 Å². The second kappa shape index (κ2) is 5.43. The van der Waals surface area contributed by atoms with Gasteiger partial charge in [-0.25, -0.2) is 0 Å². The minimum atomic E-state index is -0.0246. The van der Waals surface area contributed by atoms with Crippen LogP contribution in [0.2, 0.25) is 0 Å². The van der Waals surface area contributed by atoms with Gasteiger partial charge in [-0.15, -0.1) is 0 Å². The summed E-state index contributed by atoms with van der Waals surface area (Å²) >= 11 is 0. The molecule has 0 radical (unpaired) electrons. The molecule has 0 aromatic rings. The molecule has 6 atom stereocenters. The van der Waals surface area contributed by atoms with Crippen molar-refractivity contribution in [3.63, 3.8) is 0 Å². The number of rotatable bonds is 0. The number of hydrogen-bond donors (Lipinski definition) is 0. The molecular weight excluding hydrogens is 284 g/mol. The van der Waals surface area contributed by atoms with Crippen LogP contribution in [0.25, 0.3) is 0 Å². The SMILES string of the molecule is C[C@]12CCCC(=O)C[C@H]1CC[C@@H]1[C@@H]2CC[C@]2(C)C(=O)CCC[C@@H]12. The minimum Gasteiger partial charge on any atom is -0.300 e. The van der Waals surface area contributed by atoms with Gasteiger partial charge in [-0.1, -0.05) is 13.8 Å². The van der Waals surface area contributed by atoms with E-state index in [2.05, 4.69) is 13.8 Å². The number of Topliss-reactive ketones (excluding diaryl/α,β-unsaturated/α-hetero) is 2. The van der Waals surface area contributed by atoms with Crippen LogP contribution in [0.3, 0.4) is 0 Å². The first kappa shape index (κ1) is 15.8. The molecule has 0 bridgehead atoms. The Labute approximate surface area is 140 Å². The van der Waals surface area contributed by atoms with E-state index in [1.54, 1.807) is 0 Å². The van der Waals surface area contributed by atoms with Crippen LogP contribution >= 0.6 is 0 Å². The molecule has 4 fully saturated rings. The highest BCUT2D eigenvalue weighted by Gasteiger charge is 2.58. The standard InChI is InChI=1S/C21H32O2/c1-20-11-4-5-15(22)13-14(20)8-9-16-17-6-3-7-19(23)21(17,2)12-10-18(16)20/h14,16-18H,3-13H2,1-2H3/t14-,16+,17+,18+,20+,21+/m1/s1. The van der Waals surface area contributed by atoms with Gasteiger partial charge in [-0.05, 0) is 80.5 Å². The normalized spacial score (nSPS) is 50.5. The van der Waals surface area contributed by atoms with Crippen LogP contribution in [0.4, 0.5) is 0 Å². The first-order chi connectivity index (χ1) is 10.9. The summed E-state index contributed by atoms with van der Waals surface area (Å²) in [5.41, 5.74) is 0.333. The number of hydrogen-bond acceptors (Lipinski definition) is 2. The maximum Gasteiger partial charge on any atom is 0.139 e. The maximum atomic E-state index is 12.6. The molecule has 128 valence electrons. The van der Waals surface area contributed by atoms with Gasteiger partial charge in [0.1, 0.15) is 11.6 Å². The maximum absolute atomic E-state index is 12.6.